The molecule has 4 nitrogen and oxygen atoms in total. The molecule has 0 saturated heterocycles. The minimum Gasteiger partial charge on any atom is -0.476 e. The molecule has 0 fully saturated rings. The summed E-state index contributed by atoms with van der Waals surface area (Å²) in [5.41, 5.74) is 6.83. The van der Waals surface area contributed by atoms with Crippen LogP contribution >= 0.6 is 0 Å². The third kappa shape index (κ3) is 1.31. The minimum absolute atomic E-state index is 0.0444. The van der Waals surface area contributed by atoms with Crippen molar-refractivity contribution >= 4 is 0 Å². The lowest BCUT2D eigenvalue weighted by Crippen LogP contribution is -2.92. The molecule has 2 bridgehead atoms. The molecule has 1 heterocycles. The van der Waals surface area contributed by atoms with Gasteiger partial charge in [0.1, 0.15) is 11.7 Å². The van der Waals surface area contributed by atoms with E-state index in [-0.39, 0.29) is 11.5 Å². The molecule has 0 spiro atoms. The Morgan fingerprint density at radius 1 is 1.05 bits per heavy atom. The van der Waals surface area contributed by atoms with E-state index in [1.165, 1.54) is 22.3 Å². The Morgan fingerprint density at radius 3 is 2.27 bits per heavy atom. The van der Waals surface area contributed by atoms with Crippen LogP contribution in [0.2, 0.25) is 0 Å². The van der Waals surface area contributed by atoms with Crippen molar-refractivity contribution in [3.63, 3.8) is 0 Å². The van der Waals surface area contributed by atoms with Gasteiger partial charge in [-0.2, -0.15) is 5.01 Å². The number of benzene rings is 2. The number of hydrogen-bond donors (Lipinski definition) is 2. The molecule has 4 heteroatoms. The van der Waals surface area contributed by atoms with Gasteiger partial charge in [0.25, 0.3) is 0 Å². The summed E-state index contributed by atoms with van der Waals surface area (Å²) in [5, 5.41) is 11.8. The molecule has 22 heavy (non-hydrogen) atoms. The van der Waals surface area contributed by atoms with Gasteiger partial charge in [-0.25, -0.2) is 0 Å². The van der Waals surface area contributed by atoms with Gasteiger partial charge in [-0.05, 0) is 35.1 Å². The molecular formula is C18H17N2O2+. The Hall–Kier alpha value is -2.46. The van der Waals surface area contributed by atoms with Crippen LogP contribution in [-0.4, -0.2) is 10.1 Å². The molecule has 0 atom stereocenters. The lowest BCUT2D eigenvalue weighted by molar-refractivity contribution is -0.982. The normalized spacial score (nSPS) is 27.9. The van der Waals surface area contributed by atoms with E-state index in [1.54, 1.807) is 11.8 Å². The third-order valence-electron chi connectivity index (χ3n) is 5.34. The highest BCUT2D eigenvalue weighted by molar-refractivity contribution is 5.58. The molecule has 0 amide bonds. The molecular weight excluding hydrogens is 276 g/mol. The average molecular weight is 293 g/mol. The first-order valence-electron chi connectivity index (χ1n) is 7.69. The molecule has 6 rings (SSSR count). The van der Waals surface area contributed by atoms with E-state index in [9.17, 15) is 5.11 Å². The van der Waals surface area contributed by atoms with E-state index < -0.39 is 0 Å². The van der Waals surface area contributed by atoms with Crippen LogP contribution in [0.3, 0.4) is 0 Å². The zero-order valence-corrected chi connectivity index (χ0v) is 12.1. The van der Waals surface area contributed by atoms with E-state index in [2.05, 4.69) is 48.5 Å². The van der Waals surface area contributed by atoms with Crippen LogP contribution in [0.25, 0.3) is 0 Å². The maximum atomic E-state index is 9.71. The van der Waals surface area contributed by atoms with Gasteiger partial charge >= 0.3 is 5.95 Å². The minimum atomic E-state index is -0.271. The monoisotopic (exact) mass is 293 g/mol. The number of nitrogens with zero attached hydrogens (tertiary/aromatic N) is 1. The number of hydrogen-bond acceptors (Lipinski definition) is 3. The van der Waals surface area contributed by atoms with Gasteiger partial charge in [0.2, 0.25) is 0 Å². The van der Waals surface area contributed by atoms with E-state index >= 15 is 0 Å². The molecule has 0 radical (unpaired) electrons. The SMILES string of the molecule is OC1=CN(C23CCC(c4ccccc42)c2ccccc23)[NH2+]O1. The number of quaternary nitrogens is 1. The van der Waals surface area contributed by atoms with Crippen LogP contribution in [0.15, 0.2) is 60.7 Å². The first-order valence-corrected chi connectivity index (χ1v) is 7.69. The molecule has 1 aliphatic heterocycles. The Kier molecular flexibility index (Phi) is 2.23. The molecule has 0 unspecified atom stereocenters. The molecule has 0 aromatic heterocycles. The average Bonchev–Trinajstić information content (AvgIpc) is 3.02. The molecule has 4 aliphatic rings. The zero-order valence-electron chi connectivity index (χ0n) is 12.1. The Bertz CT molecular complexity index is 752. The first-order chi connectivity index (χ1) is 10.8. The molecule has 3 N–H and O–H groups in total. The quantitative estimate of drug-likeness (QED) is 0.793. The van der Waals surface area contributed by atoms with Crippen molar-refractivity contribution in [1.29, 1.82) is 0 Å². The van der Waals surface area contributed by atoms with Gasteiger partial charge in [0.15, 0.2) is 0 Å². The van der Waals surface area contributed by atoms with Crippen molar-refractivity contribution in [1.82, 2.24) is 5.01 Å². The number of rotatable bonds is 1. The fourth-order valence-electron chi connectivity index (χ4n) is 4.50. The van der Waals surface area contributed by atoms with Crippen molar-refractivity contribution < 1.29 is 15.5 Å². The highest BCUT2D eigenvalue weighted by atomic mass is 16.8. The van der Waals surface area contributed by atoms with Crippen molar-refractivity contribution in [2.75, 3.05) is 0 Å². The van der Waals surface area contributed by atoms with Crippen molar-refractivity contribution in [2.45, 2.75) is 24.3 Å². The number of aliphatic hydroxyl groups excluding tert-OH is 1. The summed E-state index contributed by atoms with van der Waals surface area (Å²) in [6, 6.07) is 17.4. The zero-order chi connectivity index (χ0) is 14.7. The van der Waals surface area contributed by atoms with E-state index in [4.69, 9.17) is 4.84 Å². The Morgan fingerprint density at radius 2 is 1.68 bits per heavy atom. The van der Waals surface area contributed by atoms with E-state index in [1.807, 2.05) is 5.01 Å². The molecule has 0 saturated carbocycles. The lowest BCUT2D eigenvalue weighted by Gasteiger charge is -2.50. The summed E-state index contributed by atoms with van der Waals surface area (Å²) in [4.78, 5) is 5.21. The van der Waals surface area contributed by atoms with Gasteiger partial charge < -0.3 is 5.11 Å². The number of fused-ring (bicyclic) bond motifs is 1. The van der Waals surface area contributed by atoms with Gasteiger partial charge in [-0.3, -0.25) is 4.84 Å². The van der Waals surface area contributed by atoms with E-state index in [0.717, 1.165) is 12.8 Å². The standard InChI is InChI=1S/C18H16N2O2/c21-17-11-20(19-22-17)18-10-9-12(13-5-1-3-7-15(13)18)14-6-2-4-8-16(14)18/h1-8,11-12,19,21H,9-10H2/p+1. The third-order valence-corrected chi connectivity index (χ3v) is 5.34. The lowest BCUT2D eigenvalue weighted by atomic mass is 9.59. The molecule has 2 aromatic carbocycles. The number of aliphatic hydroxyl groups is 1. The highest BCUT2D eigenvalue weighted by Gasteiger charge is 2.54. The van der Waals surface area contributed by atoms with Crippen LogP contribution in [0.4, 0.5) is 0 Å². The highest BCUT2D eigenvalue weighted by Crippen LogP contribution is 2.56. The summed E-state index contributed by atoms with van der Waals surface area (Å²) in [6.45, 7) is 0. The number of nitrogens with two attached hydrogens (primary N) is 1. The van der Waals surface area contributed by atoms with Crippen molar-refractivity contribution in [2.24, 2.45) is 0 Å². The first kappa shape index (κ1) is 12.1. The topological polar surface area (TPSA) is 49.3 Å². The largest absolute Gasteiger partial charge is 0.476 e. The van der Waals surface area contributed by atoms with Crippen LogP contribution in [0, 0.1) is 0 Å². The van der Waals surface area contributed by atoms with Crippen LogP contribution in [-0.2, 0) is 10.4 Å². The second kappa shape index (κ2) is 4.05. The summed E-state index contributed by atoms with van der Waals surface area (Å²) in [7, 11) is 0. The fraction of sp³-hybridized carbons (Fsp3) is 0.222. The maximum Gasteiger partial charge on any atom is 0.365 e. The Labute approximate surface area is 128 Å². The predicted molar refractivity (Wildman–Crippen MR) is 80.3 cm³/mol. The second-order valence-corrected chi connectivity index (χ2v) is 6.22. The van der Waals surface area contributed by atoms with Crippen molar-refractivity contribution in [3.8, 4) is 0 Å². The predicted octanol–water partition coefficient (Wildman–Crippen LogP) is 2.25. The van der Waals surface area contributed by atoms with E-state index in [0.29, 0.717) is 5.92 Å². The van der Waals surface area contributed by atoms with Gasteiger partial charge in [-0.1, -0.05) is 54.1 Å². The summed E-state index contributed by atoms with van der Waals surface area (Å²) in [6.07, 6.45) is 3.83. The van der Waals surface area contributed by atoms with Gasteiger partial charge in [-0.15, -0.1) is 0 Å². The molecule has 3 aliphatic carbocycles. The molecule has 110 valence electrons. The van der Waals surface area contributed by atoms with Crippen LogP contribution in [0.1, 0.15) is 41.0 Å². The van der Waals surface area contributed by atoms with Gasteiger partial charge in [0.05, 0.1) is 0 Å². The van der Waals surface area contributed by atoms with Crippen LogP contribution in [0.5, 0.6) is 0 Å². The van der Waals surface area contributed by atoms with Gasteiger partial charge in [0, 0.05) is 5.92 Å². The van der Waals surface area contributed by atoms with Crippen molar-refractivity contribution in [3.05, 3.63) is 82.9 Å². The smallest absolute Gasteiger partial charge is 0.365 e. The van der Waals surface area contributed by atoms with Crippen LogP contribution < -0.4 is 5.59 Å². The summed E-state index contributed by atoms with van der Waals surface area (Å²) in [5.74, 6) is 0.437. The Balaban J connectivity index is 1.84. The summed E-state index contributed by atoms with van der Waals surface area (Å²) < 4.78 is 0. The summed E-state index contributed by atoms with van der Waals surface area (Å²) >= 11 is 0. The fourth-order valence-corrected chi connectivity index (χ4v) is 4.50. The second-order valence-electron chi connectivity index (χ2n) is 6.22. The maximum absolute atomic E-state index is 9.71. The molecule has 2 aromatic rings.